The maximum atomic E-state index is 13.5. The van der Waals surface area contributed by atoms with Gasteiger partial charge in [-0.15, -0.1) is 4.80 Å². The average Bonchev–Trinajstić information content (AvgIpc) is 3.27. The molecule has 0 amide bonds. The number of hydrogen-bond acceptors (Lipinski definition) is 7. The van der Waals surface area contributed by atoms with Crippen LogP contribution in [0.3, 0.4) is 0 Å². The zero-order valence-electron chi connectivity index (χ0n) is 17.1. The predicted octanol–water partition coefficient (Wildman–Crippen LogP) is 3.15. The Balaban J connectivity index is 1.87. The molecule has 8 nitrogen and oxygen atoms in total. The highest BCUT2D eigenvalue weighted by molar-refractivity contribution is 5.83. The second-order valence-electron chi connectivity index (χ2n) is 6.72. The minimum Gasteiger partial charge on any atom is -0.495 e. The molecule has 0 aliphatic heterocycles. The Hall–Kier alpha value is -3.34. The van der Waals surface area contributed by atoms with Crippen LogP contribution in [0.1, 0.15) is 35.3 Å². The van der Waals surface area contributed by atoms with Crippen LogP contribution in [0.4, 0.5) is 13.2 Å². The summed E-state index contributed by atoms with van der Waals surface area (Å²) in [6, 6.07) is 0.895. The number of alkyl halides is 3. The van der Waals surface area contributed by atoms with E-state index in [9.17, 15) is 18.0 Å². The third kappa shape index (κ3) is 5.05. The van der Waals surface area contributed by atoms with Gasteiger partial charge in [0.15, 0.2) is 5.82 Å². The highest BCUT2D eigenvalue weighted by Crippen LogP contribution is 2.33. The SMILES string of the molecule is COc1cncc(CC(=O)Cc2cnc(-n3nccn3)c(C(F)(F)F)c2)c1C(C)OC. The van der Waals surface area contributed by atoms with E-state index in [-0.39, 0.29) is 30.3 Å². The van der Waals surface area contributed by atoms with Crippen molar-refractivity contribution in [3.8, 4) is 11.6 Å². The molecule has 0 fully saturated rings. The first kappa shape index (κ1) is 22.3. The molecule has 3 rings (SSSR count). The molecule has 1 unspecified atom stereocenters. The van der Waals surface area contributed by atoms with Gasteiger partial charge < -0.3 is 9.47 Å². The lowest BCUT2D eigenvalue weighted by atomic mass is 9.97. The molecule has 0 radical (unpaired) electrons. The molecule has 0 spiro atoms. The molecule has 0 aliphatic rings. The van der Waals surface area contributed by atoms with E-state index in [0.717, 1.165) is 10.9 Å². The van der Waals surface area contributed by atoms with Crippen LogP contribution in [0.2, 0.25) is 0 Å². The zero-order chi connectivity index (χ0) is 22.6. The van der Waals surface area contributed by atoms with E-state index in [1.54, 1.807) is 6.92 Å². The van der Waals surface area contributed by atoms with Gasteiger partial charge in [0, 0.05) is 37.9 Å². The molecule has 31 heavy (non-hydrogen) atoms. The number of ether oxygens (including phenoxy) is 2. The van der Waals surface area contributed by atoms with E-state index in [1.807, 2.05) is 0 Å². The molecule has 0 saturated heterocycles. The molecule has 3 aromatic heterocycles. The molecular formula is C20H20F3N5O3. The lowest BCUT2D eigenvalue weighted by Gasteiger charge is -2.18. The second-order valence-corrected chi connectivity index (χ2v) is 6.72. The second kappa shape index (κ2) is 9.21. The summed E-state index contributed by atoms with van der Waals surface area (Å²) in [4.78, 5) is 21.4. The van der Waals surface area contributed by atoms with Gasteiger partial charge in [-0.1, -0.05) is 0 Å². The van der Waals surface area contributed by atoms with Gasteiger partial charge in [0.2, 0.25) is 0 Å². The Morgan fingerprint density at radius 2 is 1.84 bits per heavy atom. The summed E-state index contributed by atoms with van der Waals surface area (Å²) in [5.74, 6) is -0.293. The number of ketones is 1. The number of carbonyl (C=O) groups excluding carboxylic acids is 1. The van der Waals surface area contributed by atoms with Gasteiger partial charge in [-0.25, -0.2) is 4.98 Å². The number of Topliss-reactive ketones (excluding diaryl/α,β-unsaturated/α-hetero) is 1. The van der Waals surface area contributed by atoms with E-state index in [2.05, 4.69) is 20.2 Å². The average molecular weight is 435 g/mol. The number of halogens is 3. The molecule has 3 heterocycles. The first-order valence-electron chi connectivity index (χ1n) is 9.22. The summed E-state index contributed by atoms with van der Waals surface area (Å²) < 4.78 is 51.3. The van der Waals surface area contributed by atoms with Gasteiger partial charge in [0.1, 0.15) is 17.1 Å². The van der Waals surface area contributed by atoms with Crippen LogP contribution in [0.15, 0.2) is 37.1 Å². The largest absolute Gasteiger partial charge is 0.495 e. The Kier molecular flexibility index (Phi) is 6.64. The van der Waals surface area contributed by atoms with Crippen molar-refractivity contribution in [2.45, 2.75) is 32.0 Å². The highest BCUT2D eigenvalue weighted by atomic mass is 19.4. The van der Waals surface area contributed by atoms with Gasteiger partial charge in [0.05, 0.1) is 31.8 Å². The maximum Gasteiger partial charge on any atom is 0.420 e. The monoisotopic (exact) mass is 435 g/mol. The fourth-order valence-corrected chi connectivity index (χ4v) is 3.17. The quantitative estimate of drug-likeness (QED) is 0.537. The number of rotatable bonds is 8. The van der Waals surface area contributed by atoms with Crippen molar-refractivity contribution in [2.75, 3.05) is 14.2 Å². The van der Waals surface area contributed by atoms with Crippen molar-refractivity contribution in [3.05, 3.63) is 59.3 Å². The van der Waals surface area contributed by atoms with Crippen LogP contribution in [0.25, 0.3) is 5.82 Å². The van der Waals surface area contributed by atoms with E-state index in [1.165, 1.54) is 45.2 Å². The van der Waals surface area contributed by atoms with Crippen LogP contribution in [0.5, 0.6) is 5.75 Å². The van der Waals surface area contributed by atoms with Gasteiger partial charge in [-0.2, -0.15) is 23.4 Å². The molecular weight excluding hydrogens is 415 g/mol. The van der Waals surface area contributed by atoms with E-state index in [4.69, 9.17) is 9.47 Å². The van der Waals surface area contributed by atoms with Crippen molar-refractivity contribution in [2.24, 2.45) is 0 Å². The molecule has 1 atom stereocenters. The van der Waals surface area contributed by atoms with E-state index < -0.39 is 17.6 Å². The number of nitrogens with zero attached hydrogens (tertiary/aromatic N) is 5. The first-order chi connectivity index (χ1) is 14.7. The zero-order valence-corrected chi connectivity index (χ0v) is 17.1. The summed E-state index contributed by atoms with van der Waals surface area (Å²) >= 11 is 0. The smallest absolute Gasteiger partial charge is 0.420 e. The van der Waals surface area contributed by atoms with Crippen molar-refractivity contribution < 1.29 is 27.4 Å². The third-order valence-corrected chi connectivity index (χ3v) is 4.64. The van der Waals surface area contributed by atoms with E-state index in [0.29, 0.717) is 16.9 Å². The molecule has 0 aliphatic carbocycles. The summed E-state index contributed by atoms with van der Waals surface area (Å²) in [6.45, 7) is 1.80. The van der Waals surface area contributed by atoms with Crippen molar-refractivity contribution in [3.63, 3.8) is 0 Å². The van der Waals surface area contributed by atoms with Gasteiger partial charge in [-0.05, 0) is 24.1 Å². The molecule has 3 aromatic rings. The molecule has 0 bridgehead atoms. The van der Waals surface area contributed by atoms with E-state index >= 15 is 0 Å². The van der Waals surface area contributed by atoms with Gasteiger partial charge in [0.25, 0.3) is 0 Å². The number of aromatic nitrogens is 5. The van der Waals surface area contributed by atoms with Crippen molar-refractivity contribution in [1.82, 2.24) is 25.0 Å². The summed E-state index contributed by atoms with van der Waals surface area (Å²) in [5, 5.41) is 7.41. The van der Waals surface area contributed by atoms with Crippen LogP contribution >= 0.6 is 0 Å². The maximum absolute atomic E-state index is 13.5. The molecule has 11 heteroatoms. The summed E-state index contributed by atoms with van der Waals surface area (Å²) in [7, 11) is 3.01. The Bertz CT molecular complexity index is 1050. The number of methoxy groups -OCH3 is 2. The number of pyridine rings is 2. The van der Waals surface area contributed by atoms with Crippen LogP contribution in [-0.4, -0.2) is 45.0 Å². The lowest BCUT2D eigenvalue weighted by Crippen LogP contribution is -2.16. The highest BCUT2D eigenvalue weighted by Gasteiger charge is 2.36. The molecule has 0 aromatic carbocycles. The Morgan fingerprint density at radius 3 is 2.45 bits per heavy atom. The first-order valence-corrected chi connectivity index (χ1v) is 9.22. The minimum absolute atomic E-state index is 0.0446. The van der Waals surface area contributed by atoms with Crippen LogP contribution < -0.4 is 4.74 Å². The Morgan fingerprint density at radius 1 is 1.13 bits per heavy atom. The normalized spacial score (nSPS) is 12.6. The minimum atomic E-state index is -4.69. The van der Waals surface area contributed by atoms with Crippen molar-refractivity contribution >= 4 is 5.78 Å². The standard InChI is InChI=1S/C20H20F3N5O3/c1-12(30-2)18-14(10-24-11-17(18)31-3)8-15(29)6-13-7-16(20(21,22)23)19(25-9-13)28-26-4-5-27-28/h4-5,7,9-12H,6,8H2,1-3H3. The van der Waals surface area contributed by atoms with Crippen molar-refractivity contribution in [1.29, 1.82) is 0 Å². The fourth-order valence-electron chi connectivity index (χ4n) is 3.17. The summed E-state index contributed by atoms with van der Waals surface area (Å²) in [5.41, 5.74) is 0.360. The van der Waals surface area contributed by atoms with Gasteiger partial charge >= 0.3 is 6.18 Å². The summed E-state index contributed by atoms with van der Waals surface area (Å²) in [6.07, 6.45) is 1.43. The van der Waals surface area contributed by atoms with Crippen LogP contribution in [-0.2, 0) is 28.5 Å². The number of carbonyl (C=O) groups is 1. The van der Waals surface area contributed by atoms with Gasteiger partial charge in [-0.3, -0.25) is 9.78 Å². The number of hydrogen-bond donors (Lipinski definition) is 0. The fraction of sp³-hybridized carbons (Fsp3) is 0.350. The topological polar surface area (TPSA) is 92.0 Å². The van der Waals surface area contributed by atoms with Crippen LogP contribution in [0, 0.1) is 0 Å². The lowest BCUT2D eigenvalue weighted by molar-refractivity contribution is -0.138. The Labute approximate surface area is 176 Å². The predicted molar refractivity (Wildman–Crippen MR) is 103 cm³/mol. The molecule has 0 N–H and O–H groups in total. The third-order valence-electron chi connectivity index (χ3n) is 4.64. The molecule has 0 saturated carbocycles. The molecule has 164 valence electrons.